The lowest BCUT2D eigenvalue weighted by Crippen LogP contribution is -2.31. The topological polar surface area (TPSA) is 0 Å². The van der Waals surface area contributed by atoms with E-state index in [1.807, 2.05) is 13.8 Å². The second-order valence-corrected chi connectivity index (χ2v) is 7.40. The lowest BCUT2D eigenvalue weighted by Gasteiger charge is -2.28. The lowest BCUT2D eigenvalue weighted by atomic mass is 10.0. The van der Waals surface area contributed by atoms with Crippen LogP contribution in [-0.2, 0) is 0 Å². The largest absolute Gasteiger partial charge is 0.191 e. The van der Waals surface area contributed by atoms with Crippen LogP contribution >= 0.6 is 62.3 Å². The zero-order valence-corrected chi connectivity index (χ0v) is 11.5. The molecule has 2 unspecified atom stereocenters. The number of alkyl halides is 5. The van der Waals surface area contributed by atoms with Crippen molar-refractivity contribution in [3.63, 3.8) is 0 Å². The van der Waals surface area contributed by atoms with Crippen molar-refractivity contribution in [2.24, 2.45) is 0 Å². The van der Waals surface area contributed by atoms with Crippen molar-refractivity contribution in [2.75, 3.05) is 0 Å². The summed E-state index contributed by atoms with van der Waals surface area (Å²) < 4.78 is -1.24. The van der Waals surface area contributed by atoms with E-state index >= 15 is 0 Å². The van der Waals surface area contributed by atoms with Crippen molar-refractivity contribution in [3.05, 3.63) is 0 Å². The molecule has 0 aliphatic heterocycles. The Morgan fingerprint density at radius 3 is 1.92 bits per heavy atom. The van der Waals surface area contributed by atoms with Gasteiger partial charge in [-0.25, -0.2) is 0 Å². The molecule has 0 aromatic carbocycles. The maximum Gasteiger partial charge on any atom is 0.191 e. The Morgan fingerprint density at radius 2 is 1.67 bits per heavy atom. The van der Waals surface area contributed by atoms with E-state index < -0.39 is 3.79 Å². The van der Waals surface area contributed by atoms with Crippen molar-refractivity contribution in [2.45, 2.75) is 40.2 Å². The fourth-order valence-electron chi connectivity index (χ4n) is 0.638. The first-order valence-corrected chi connectivity index (χ1v) is 6.01. The van der Waals surface area contributed by atoms with Crippen molar-refractivity contribution >= 4 is 62.3 Å². The molecule has 0 radical (unpaired) electrons. The fraction of sp³-hybridized carbons (Fsp3) is 1.00. The number of hydrogen-bond acceptors (Lipinski definition) is 0. The van der Waals surface area contributed by atoms with E-state index in [2.05, 4.69) is 15.9 Å². The summed E-state index contributed by atoms with van der Waals surface area (Å²) in [5, 5.41) is 0. The molecule has 0 rings (SSSR count). The normalized spacial score (nSPS) is 20.2. The molecule has 74 valence electrons. The second-order valence-electron chi connectivity index (χ2n) is 2.92. The predicted molar refractivity (Wildman–Crippen MR) is 62.2 cm³/mol. The van der Waals surface area contributed by atoms with Crippen LogP contribution < -0.4 is 0 Å². The van der Waals surface area contributed by atoms with Gasteiger partial charge in [-0.3, -0.25) is 0 Å². The average Bonchev–Trinajstić information content (AvgIpc) is 1.84. The molecule has 0 saturated carbocycles. The molecular weight excluding hydrogens is 306 g/mol. The summed E-state index contributed by atoms with van der Waals surface area (Å²) in [5.41, 5.74) is 0. The van der Waals surface area contributed by atoms with E-state index in [0.29, 0.717) is 6.42 Å². The van der Waals surface area contributed by atoms with E-state index in [9.17, 15) is 0 Å². The van der Waals surface area contributed by atoms with Gasteiger partial charge in [0.2, 0.25) is 0 Å². The zero-order chi connectivity index (χ0) is 9.99. The molecule has 0 saturated heterocycles. The smallest absolute Gasteiger partial charge is 0.118 e. The first-order valence-electron chi connectivity index (χ1n) is 3.59. The maximum atomic E-state index is 6.15. The Hall–Kier alpha value is 1.64. The Bertz CT molecular complexity index is 141. The third kappa shape index (κ3) is 5.39. The van der Waals surface area contributed by atoms with Gasteiger partial charge in [0.05, 0.1) is 4.87 Å². The standard InChI is InChI=1S/C7H11BrCl4/c1-3-6(2,9)5(8)4-7(10,11)12/h5H,3-4H2,1-2H3. The highest BCUT2D eigenvalue weighted by atomic mass is 79.9. The highest BCUT2D eigenvalue weighted by Gasteiger charge is 2.34. The van der Waals surface area contributed by atoms with Crippen LogP contribution in [0.4, 0.5) is 0 Å². The van der Waals surface area contributed by atoms with Crippen molar-refractivity contribution in [1.29, 1.82) is 0 Å². The van der Waals surface area contributed by atoms with E-state index in [0.717, 1.165) is 6.42 Å². The molecule has 5 heteroatoms. The number of halogens is 5. The van der Waals surface area contributed by atoms with Gasteiger partial charge in [-0.2, -0.15) is 0 Å². The lowest BCUT2D eigenvalue weighted by molar-refractivity contribution is 0.559. The first-order chi connectivity index (χ1) is 5.19. The summed E-state index contributed by atoms with van der Waals surface area (Å²) >= 11 is 26.5. The number of hydrogen-bond donors (Lipinski definition) is 0. The summed E-state index contributed by atoms with van der Waals surface area (Å²) in [7, 11) is 0. The average molecular weight is 317 g/mol. The Kier molecular flexibility index (Phi) is 5.60. The summed E-state index contributed by atoms with van der Waals surface area (Å²) in [4.78, 5) is -0.353. The van der Waals surface area contributed by atoms with Gasteiger partial charge < -0.3 is 0 Å². The minimum absolute atomic E-state index is 0.00386. The molecule has 0 fully saturated rings. The van der Waals surface area contributed by atoms with Crippen LogP contribution in [0.15, 0.2) is 0 Å². The molecule has 0 aromatic rings. The van der Waals surface area contributed by atoms with Crippen molar-refractivity contribution in [3.8, 4) is 0 Å². The van der Waals surface area contributed by atoms with E-state index in [-0.39, 0.29) is 9.70 Å². The zero-order valence-electron chi connectivity index (χ0n) is 6.88. The fourth-order valence-corrected chi connectivity index (χ4v) is 2.55. The van der Waals surface area contributed by atoms with Gasteiger partial charge in [0.15, 0.2) is 3.79 Å². The highest BCUT2D eigenvalue weighted by Crippen LogP contribution is 2.40. The summed E-state index contributed by atoms with van der Waals surface area (Å²) in [6.45, 7) is 3.92. The number of rotatable bonds is 3. The monoisotopic (exact) mass is 314 g/mol. The van der Waals surface area contributed by atoms with Crippen LogP contribution in [0.5, 0.6) is 0 Å². The van der Waals surface area contributed by atoms with Gasteiger partial charge in [0.25, 0.3) is 0 Å². The van der Waals surface area contributed by atoms with Crippen molar-refractivity contribution < 1.29 is 0 Å². The van der Waals surface area contributed by atoms with E-state index in [1.54, 1.807) is 0 Å². The molecule has 0 bridgehead atoms. The SMILES string of the molecule is CCC(C)(Cl)C(Br)CC(Cl)(Cl)Cl. The Labute approximate surface area is 102 Å². The molecule has 0 aliphatic carbocycles. The van der Waals surface area contributed by atoms with Gasteiger partial charge in [-0.1, -0.05) is 57.7 Å². The summed E-state index contributed by atoms with van der Waals surface area (Å²) in [6, 6.07) is 0. The highest BCUT2D eigenvalue weighted by molar-refractivity contribution is 9.09. The molecule has 0 aliphatic rings. The molecule has 0 spiro atoms. The molecule has 0 nitrogen and oxygen atoms in total. The first kappa shape index (κ1) is 13.6. The second kappa shape index (κ2) is 4.93. The summed E-state index contributed by atoms with van der Waals surface area (Å²) in [5.74, 6) is 0. The minimum Gasteiger partial charge on any atom is -0.118 e. The minimum atomic E-state index is -1.24. The molecule has 0 aromatic heterocycles. The van der Waals surface area contributed by atoms with Crippen molar-refractivity contribution in [1.82, 2.24) is 0 Å². The predicted octanol–water partition coefficient (Wildman–Crippen LogP) is 4.92. The van der Waals surface area contributed by atoms with Crippen LogP contribution in [0.25, 0.3) is 0 Å². The van der Waals surface area contributed by atoms with Gasteiger partial charge in [-0.05, 0) is 13.3 Å². The van der Waals surface area contributed by atoms with E-state index in [4.69, 9.17) is 46.4 Å². The van der Waals surface area contributed by atoms with Gasteiger partial charge in [0.1, 0.15) is 0 Å². The quantitative estimate of drug-likeness (QED) is 0.648. The summed E-state index contributed by atoms with van der Waals surface area (Å²) in [6.07, 6.45) is 1.23. The third-order valence-corrected chi connectivity index (χ3v) is 4.35. The van der Waals surface area contributed by atoms with Gasteiger partial charge >= 0.3 is 0 Å². The van der Waals surface area contributed by atoms with Crippen LogP contribution in [0.3, 0.4) is 0 Å². The van der Waals surface area contributed by atoms with Crippen LogP contribution in [0, 0.1) is 0 Å². The molecule has 0 heterocycles. The molecule has 12 heavy (non-hydrogen) atoms. The Morgan fingerprint density at radius 1 is 1.25 bits per heavy atom. The Balaban J connectivity index is 4.13. The molecule has 0 amide bonds. The van der Waals surface area contributed by atoms with Gasteiger partial charge in [-0.15, -0.1) is 11.6 Å². The van der Waals surface area contributed by atoms with E-state index in [1.165, 1.54) is 0 Å². The van der Waals surface area contributed by atoms with Crippen LogP contribution in [0.1, 0.15) is 26.7 Å². The molecule has 0 N–H and O–H groups in total. The third-order valence-electron chi connectivity index (χ3n) is 1.76. The molecule has 2 atom stereocenters. The van der Waals surface area contributed by atoms with Crippen LogP contribution in [0.2, 0.25) is 0 Å². The van der Waals surface area contributed by atoms with Crippen LogP contribution in [-0.4, -0.2) is 13.5 Å². The molecular formula is C7H11BrCl4. The van der Waals surface area contributed by atoms with Gasteiger partial charge in [0, 0.05) is 11.2 Å². The maximum absolute atomic E-state index is 6.15.